The molecule has 1 aromatic carbocycles. The van der Waals surface area contributed by atoms with Crippen LogP contribution < -0.4 is 15.4 Å². The van der Waals surface area contributed by atoms with Crippen molar-refractivity contribution in [2.45, 2.75) is 49.5 Å². The van der Waals surface area contributed by atoms with Crippen molar-refractivity contribution in [3.8, 4) is 11.8 Å². The van der Waals surface area contributed by atoms with Gasteiger partial charge in [-0.2, -0.15) is 19.5 Å². The number of nitriles is 1. The number of aromatic amines is 1. The van der Waals surface area contributed by atoms with Gasteiger partial charge in [0.2, 0.25) is 16.0 Å². The first-order valence-electron chi connectivity index (χ1n) is 14.8. The standard InChI is InChI=1S/C29H38N8O4S/c1-40-25-16-23(42(38,39)37-10-8-22(9-11-37)36-12-14-41-15-13-36)6-7-24(25)33-29-34-27(31-18-20-4-2-3-5-20)26-21(17-30)19-32-28(26)35-29/h6-7,16,19-20,22H,2-5,8-15,18H2,1H3,(H3,31,32,33,34,35). The van der Waals surface area contributed by atoms with Gasteiger partial charge in [-0.1, -0.05) is 12.8 Å². The molecule has 0 radical (unpaired) electrons. The zero-order valence-corrected chi connectivity index (χ0v) is 24.8. The molecule has 6 rings (SSSR count). The van der Waals surface area contributed by atoms with Crippen molar-refractivity contribution in [1.29, 1.82) is 5.26 Å². The Balaban J connectivity index is 1.19. The first kappa shape index (κ1) is 28.7. The second kappa shape index (κ2) is 12.4. The summed E-state index contributed by atoms with van der Waals surface area (Å²) >= 11 is 0. The molecule has 0 bridgehead atoms. The highest BCUT2D eigenvalue weighted by molar-refractivity contribution is 7.89. The van der Waals surface area contributed by atoms with Gasteiger partial charge in [-0.3, -0.25) is 4.90 Å². The van der Waals surface area contributed by atoms with Crippen LogP contribution in [0.4, 0.5) is 17.5 Å². The van der Waals surface area contributed by atoms with E-state index in [1.807, 2.05) is 0 Å². The van der Waals surface area contributed by atoms with Gasteiger partial charge in [-0.25, -0.2) is 8.42 Å². The number of rotatable bonds is 9. The number of H-pyrrole nitrogens is 1. The molecule has 0 amide bonds. The zero-order valence-electron chi connectivity index (χ0n) is 23.9. The molecule has 0 atom stereocenters. The highest BCUT2D eigenvalue weighted by atomic mass is 32.2. The van der Waals surface area contributed by atoms with Gasteiger partial charge in [0.1, 0.15) is 23.3 Å². The summed E-state index contributed by atoms with van der Waals surface area (Å²) in [5.41, 5.74) is 1.55. The number of methoxy groups -OCH3 is 1. The highest BCUT2D eigenvalue weighted by Gasteiger charge is 2.32. The molecule has 0 unspecified atom stereocenters. The first-order chi connectivity index (χ1) is 20.5. The average Bonchev–Trinajstić information content (AvgIpc) is 3.70. The minimum atomic E-state index is -3.68. The number of piperidine rings is 1. The van der Waals surface area contributed by atoms with Gasteiger partial charge in [0.25, 0.3) is 0 Å². The molecule has 13 heteroatoms. The maximum atomic E-state index is 13.6. The molecule has 1 aliphatic carbocycles. The molecule has 2 aromatic heterocycles. The van der Waals surface area contributed by atoms with Gasteiger partial charge < -0.3 is 25.1 Å². The monoisotopic (exact) mass is 594 g/mol. The number of ether oxygens (including phenoxy) is 2. The quantitative estimate of drug-likeness (QED) is 0.335. The summed E-state index contributed by atoms with van der Waals surface area (Å²) in [5, 5.41) is 16.9. The molecule has 2 saturated heterocycles. The Morgan fingerprint density at radius 3 is 2.60 bits per heavy atom. The van der Waals surface area contributed by atoms with E-state index in [0.29, 0.717) is 64.8 Å². The lowest BCUT2D eigenvalue weighted by Gasteiger charge is -2.39. The molecule has 42 heavy (non-hydrogen) atoms. The number of anilines is 3. The minimum absolute atomic E-state index is 0.188. The van der Waals surface area contributed by atoms with Crippen molar-refractivity contribution in [1.82, 2.24) is 24.2 Å². The molecular formula is C29H38N8O4S. The summed E-state index contributed by atoms with van der Waals surface area (Å²) in [4.78, 5) is 15.0. The maximum absolute atomic E-state index is 13.6. The molecule has 3 aromatic rings. The lowest BCUT2D eigenvalue weighted by Crippen LogP contribution is -2.50. The van der Waals surface area contributed by atoms with E-state index in [9.17, 15) is 13.7 Å². The molecule has 3 aliphatic rings. The van der Waals surface area contributed by atoms with E-state index in [-0.39, 0.29) is 4.90 Å². The SMILES string of the molecule is COc1cc(S(=O)(=O)N2CCC(N3CCOCC3)CC2)ccc1Nc1nc(NCC2CCCC2)c2c(C#N)c[nH]c2n1. The molecule has 12 nitrogen and oxygen atoms in total. The van der Waals surface area contributed by atoms with E-state index in [2.05, 4.69) is 31.6 Å². The normalized spacial score (nSPS) is 19.6. The van der Waals surface area contributed by atoms with Crippen LogP contribution in [0, 0.1) is 17.2 Å². The number of hydrogen-bond acceptors (Lipinski definition) is 10. The van der Waals surface area contributed by atoms with Crippen molar-refractivity contribution >= 4 is 38.5 Å². The predicted octanol–water partition coefficient (Wildman–Crippen LogP) is 3.67. The number of morpholine rings is 1. The largest absolute Gasteiger partial charge is 0.495 e. The molecule has 1 saturated carbocycles. The summed E-state index contributed by atoms with van der Waals surface area (Å²) in [5.74, 6) is 1.84. The zero-order chi connectivity index (χ0) is 29.1. The summed E-state index contributed by atoms with van der Waals surface area (Å²) < 4.78 is 39.8. The molecule has 0 spiro atoms. The third-order valence-corrected chi connectivity index (χ3v) is 10.6. The summed E-state index contributed by atoms with van der Waals surface area (Å²) in [7, 11) is -2.18. The van der Waals surface area contributed by atoms with Crippen molar-refractivity contribution in [3.63, 3.8) is 0 Å². The number of sulfonamides is 1. The smallest absolute Gasteiger partial charge is 0.243 e. The van der Waals surface area contributed by atoms with Crippen molar-refractivity contribution in [2.75, 3.05) is 63.7 Å². The van der Waals surface area contributed by atoms with Crippen molar-refractivity contribution in [3.05, 3.63) is 30.0 Å². The van der Waals surface area contributed by atoms with E-state index in [0.717, 1.165) is 45.7 Å². The van der Waals surface area contributed by atoms with Crippen LogP contribution in [-0.4, -0.2) is 91.7 Å². The van der Waals surface area contributed by atoms with Crippen LogP contribution in [0.2, 0.25) is 0 Å². The number of aromatic nitrogens is 3. The number of nitrogens with one attached hydrogen (secondary N) is 3. The third-order valence-electron chi connectivity index (χ3n) is 8.73. The van der Waals surface area contributed by atoms with Gasteiger partial charge in [0.05, 0.1) is 41.9 Å². The second-order valence-corrected chi connectivity index (χ2v) is 13.2. The number of nitrogens with zero attached hydrogens (tertiary/aromatic N) is 5. The van der Waals surface area contributed by atoms with Gasteiger partial charge in [0, 0.05) is 51.0 Å². The van der Waals surface area contributed by atoms with Gasteiger partial charge in [0.15, 0.2) is 0 Å². The molecule has 224 valence electrons. The lowest BCUT2D eigenvalue weighted by atomic mass is 10.0. The maximum Gasteiger partial charge on any atom is 0.243 e. The second-order valence-electron chi connectivity index (χ2n) is 11.2. The Morgan fingerprint density at radius 1 is 1.12 bits per heavy atom. The van der Waals surface area contributed by atoms with Gasteiger partial charge in [-0.05, 0) is 43.7 Å². The topological polar surface area (TPSA) is 148 Å². The Labute approximate surface area is 246 Å². The van der Waals surface area contributed by atoms with Crippen LogP contribution in [0.1, 0.15) is 44.1 Å². The first-order valence-corrected chi connectivity index (χ1v) is 16.2. The Bertz CT molecular complexity index is 1550. The van der Waals surface area contributed by atoms with E-state index in [1.54, 1.807) is 28.7 Å². The molecular weight excluding hydrogens is 556 g/mol. The van der Waals surface area contributed by atoms with E-state index in [1.165, 1.54) is 32.8 Å². The number of hydrogen-bond donors (Lipinski definition) is 3. The minimum Gasteiger partial charge on any atom is -0.495 e. The third kappa shape index (κ3) is 5.89. The number of fused-ring (bicyclic) bond motifs is 1. The van der Waals surface area contributed by atoms with Crippen LogP contribution in [0.15, 0.2) is 29.3 Å². The van der Waals surface area contributed by atoms with Crippen molar-refractivity contribution < 1.29 is 17.9 Å². The van der Waals surface area contributed by atoms with E-state index in [4.69, 9.17) is 14.5 Å². The summed E-state index contributed by atoms with van der Waals surface area (Å²) in [6, 6.07) is 7.42. The highest BCUT2D eigenvalue weighted by Crippen LogP contribution is 2.34. The van der Waals surface area contributed by atoms with Crippen LogP contribution in [0.25, 0.3) is 11.0 Å². The fourth-order valence-electron chi connectivity index (χ4n) is 6.36. The summed E-state index contributed by atoms with van der Waals surface area (Å²) in [6.45, 7) is 5.03. The summed E-state index contributed by atoms with van der Waals surface area (Å²) in [6.07, 6.45) is 8.09. The predicted molar refractivity (Wildman–Crippen MR) is 160 cm³/mol. The lowest BCUT2D eigenvalue weighted by molar-refractivity contribution is 0.00610. The fraction of sp³-hybridized carbons (Fsp3) is 0.552. The van der Waals surface area contributed by atoms with Gasteiger partial charge in [-0.15, -0.1) is 0 Å². The molecule has 2 aliphatic heterocycles. The van der Waals surface area contributed by atoms with Gasteiger partial charge >= 0.3 is 0 Å². The Kier molecular flexibility index (Phi) is 8.48. The van der Waals surface area contributed by atoms with Crippen LogP contribution in [0.5, 0.6) is 5.75 Å². The van der Waals surface area contributed by atoms with Crippen LogP contribution in [0.3, 0.4) is 0 Å². The molecule has 3 N–H and O–H groups in total. The van der Waals surface area contributed by atoms with Crippen molar-refractivity contribution in [2.24, 2.45) is 5.92 Å². The average molecular weight is 595 g/mol. The van der Waals surface area contributed by atoms with E-state index >= 15 is 0 Å². The van der Waals surface area contributed by atoms with Crippen LogP contribution >= 0.6 is 0 Å². The van der Waals surface area contributed by atoms with E-state index < -0.39 is 10.0 Å². The number of benzene rings is 1. The fourth-order valence-corrected chi connectivity index (χ4v) is 7.84. The Hall–Kier alpha value is -3.44. The van der Waals surface area contributed by atoms with Crippen LogP contribution in [-0.2, 0) is 14.8 Å². The Morgan fingerprint density at radius 2 is 1.88 bits per heavy atom. The molecule has 4 heterocycles. The molecule has 3 fully saturated rings.